The summed E-state index contributed by atoms with van der Waals surface area (Å²) in [6, 6.07) is 2.96. The third-order valence-corrected chi connectivity index (χ3v) is 3.05. The summed E-state index contributed by atoms with van der Waals surface area (Å²) < 4.78 is 2.35. The normalized spacial score (nSPS) is 17.0. The highest BCUT2D eigenvalue weighted by atomic mass is 15.0. The molecule has 1 aliphatic carbocycles. The van der Waals surface area contributed by atoms with E-state index in [0.717, 1.165) is 12.5 Å². The minimum Gasteiger partial charge on any atom is -0.351 e. The predicted molar refractivity (Wildman–Crippen MR) is 56.6 cm³/mol. The van der Waals surface area contributed by atoms with E-state index >= 15 is 0 Å². The Balaban J connectivity index is 2.12. The summed E-state index contributed by atoms with van der Waals surface area (Å²) >= 11 is 0. The van der Waals surface area contributed by atoms with Crippen molar-refractivity contribution in [3.05, 3.63) is 30.6 Å². The van der Waals surface area contributed by atoms with Crippen molar-refractivity contribution in [2.45, 2.75) is 38.6 Å². The van der Waals surface area contributed by atoms with E-state index in [1.165, 1.54) is 30.4 Å². The zero-order valence-electron chi connectivity index (χ0n) is 8.29. The number of nitrogens with zero attached hydrogens (tertiary/aromatic N) is 1. The molecule has 0 N–H and O–H groups in total. The van der Waals surface area contributed by atoms with Crippen molar-refractivity contribution >= 4 is 5.57 Å². The molecule has 0 spiro atoms. The van der Waals surface area contributed by atoms with Gasteiger partial charge < -0.3 is 4.57 Å². The van der Waals surface area contributed by atoms with E-state index in [1.54, 1.807) is 0 Å². The molecule has 0 saturated heterocycles. The van der Waals surface area contributed by atoms with Crippen LogP contribution in [0.25, 0.3) is 5.57 Å². The van der Waals surface area contributed by atoms with E-state index in [2.05, 4.69) is 36.5 Å². The van der Waals surface area contributed by atoms with Crippen molar-refractivity contribution in [1.29, 1.82) is 0 Å². The topological polar surface area (TPSA) is 4.93 Å². The van der Waals surface area contributed by atoms with Gasteiger partial charge in [-0.3, -0.25) is 0 Å². The second kappa shape index (κ2) is 3.41. The van der Waals surface area contributed by atoms with Crippen LogP contribution >= 0.6 is 0 Å². The van der Waals surface area contributed by atoms with E-state index in [9.17, 15) is 0 Å². The molecule has 0 aromatic carbocycles. The van der Waals surface area contributed by atoms with Crippen LogP contribution in [0.4, 0.5) is 0 Å². The second-order valence-electron chi connectivity index (χ2n) is 3.89. The number of rotatable bonds is 3. The third kappa shape index (κ3) is 1.55. The monoisotopic (exact) mass is 175 g/mol. The molecular weight excluding hydrogens is 158 g/mol. The summed E-state index contributed by atoms with van der Waals surface area (Å²) in [6.45, 7) is 6.20. The zero-order chi connectivity index (χ0) is 9.26. The molecule has 1 aromatic rings. The standard InChI is InChI=1S/C12H17N/c1-3-10(2)11-7-8-13(9-11)12-5-4-6-12/h7-9,12H,2-6H2,1H3. The lowest BCUT2D eigenvalue weighted by Gasteiger charge is -2.26. The molecule has 1 fully saturated rings. The van der Waals surface area contributed by atoms with Gasteiger partial charge in [0.05, 0.1) is 0 Å². The molecule has 2 rings (SSSR count). The molecule has 0 unspecified atom stereocenters. The first-order chi connectivity index (χ1) is 6.31. The third-order valence-electron chi connectivity index (χ3n) is 3.05. The molecular formula is C12H17N. The van der Waals surface area contributed by atoms with Gasteiger partial charge in [0.15, 0.2) is 0 Å². The smallest absolute Gasteiger partial charge is 0.0330 e. The van der Waals surface area contributed by atoms with Crippen LogP contribution < -0.4 is 0 Å². The fraction of sp³-hybridized carbons (Fsp3) is 0.500. The first kappa shape index (κ1) is 8.61. The maximum atomic E-state index is 4.05. The van der Waals surface area contributed by atoms with Gasteiger partial charge in [0.2, 0.25) is 0 Å². The van der Waals surface area contributed by atoms with Gasteiger partial charge in [0, 0.05) is 18.4 Å². The van der Waals surface area contributed by atoms with Crippen molar-refractivity contribution in [1.82, 2.24) is 4.57 Å². The number of aromatic nitrogens is 1. The summed E-state index contributed by atoms with van der Waals surface area (Å²) in [5.74, 6) is 0. The molecule has 1 aliphatic rings. The van der Waals surface area contributed by atoms with E-state index in [-0.39, 0.29) is 0 Å². The molecule has 0 bridgehead atoms. The molecule has 1 aromatic heterocycles. The average molecular weight is 175 g/mol. The average Bonchev–Trinajstić information content (AvgIpc) is 2.49. The van der Waals surface area contributed by atoms with Gasteiger partial charge in [-0.15, -0.1) is 0 Å². The Morgan fingerprint density at radius 2 is 2.38 bits per heavy atom. The summed E-state index contributed by atoms with van der Waals surface area (Å²) in [6.07, 6.45) is 9.59. The van der Waals surface area contributed by atoms with Crippen molar-refractivity contribution in [2.24, 2.45) is 0 Å². The van der Waals surface area contributed by atoms with Gasteiger partial charge in [-0.1, -0.05) is 13.5 Å². The van der Waals surface area contributed by atoms with Gasteiger partial charge >= 0.3 is 0 Å². The summed E-state index contributed by atoms with van der Waals surface area (Å²) in [5, 5.41) is 0. The first-order valence-electron chi connectivity index (χ1n) is 5.17. The minimum atomic E-state index is 0.776. The number of hydrogen-bond donors (Lipinski definition) is 0. The van der Waals surface area contributed by atoms with Gasteiger partial charge in [0.1, 0.15) is 0 Å². The summed E-state index contributed by atoms with van der Waals surface area (Å²) in [4.78, 5) is 0. The van der Waals surface area contributed by atoms with Gasteiger partial charge in [-0.2, -0.15) is 0 Å². The van der Waals surface area contributed by atoms with Crippen LogP contribution in [0.2, 0.25) is 0 Å². The lowest BCUT2D eigenvalue weighted by Crippen LogP contribution is -2.14. The first-order valence-corrected chi connectivity index (χ1v) is 5.17. The molecule has 0 atom stereocenters. The molecule has 1 heteroatoms. The van der Waals surface area contributed by atoms with Crippen molar-refractivity contribution in [2.75, 3.05) is 0 Å². The molecule has 0 aliphatic heterocycles. The van der Waals surface area contributed by atoms with Gasteiger partial charge in [0.25, 0.3) is 0 Å². The predicted octanol–water partition coefficient (Wildman–Crippen LogP) is 3.64. The minimum absolute atomic E-state index is 0.776. The van der Waals surface area contributed by atoms with Crippen LogP contribution in [0.1, 0.15) is 44.2 Å². The highest BCUT2D eigenvalue weighted by Crippen LogP contribution is 2.32. The largest absolute Gasteiger partial charge is 0.351 e. The fourth-order valence-corrected chi connectivity index (χ4v) is 1.74. The Morgan fingerprint density at radius 1 is 1.62 bits per heavy atom. The molecule has 70 valence electrons. The van der Waals surface area contributed by atoms with Crippen LogP contribution in [0.5, 0.6) is 0 Å². The Hall–Kier alpha value is -0.980. The number of hydrogen-bond acceptors (Lipinski definition) is 0. The Labute approximate surface area is 80.1 Å². The Bertz CT molecular complexity index is 305. The quantitative estimate of drug-likeness (QED) is 0.661. The number of allylic oxidation sites excluding steroid dienone is 1. The van der Waals surface area contributed by atoms with Crippen molar-refractivity contribution in [3.63, 3.8) is 0 Å². The van der Waals surface area contributed by atoms with E-state index < -0.39 is 0 Å². The highest BCUT2D eigenvalue weighted by molar-refractivity contribution is 5.62. The Morgan fingerprint density at radius 3 is 2.92 bits per heavy atom. The molecule has 1 heterocycles. The van der Waals surface area contributed by atoms with Crippen molar-refractivity contribution in [3.8, 4) is 0 Å². The SMILES string of the molecule is C=C(CC)c1ccn(C2CCC2)c1. The van der Waals surface area contributed by atoms with Crippen LogP contribution in [0.15, 0.2) is 25.0 Å². The lowest BCUT2D eigenvalue weighted by molar-refractivity contribution is 0.314. The van der Waals surface area contributed by atoms with Crippen LogP contribution in [0.3, 0.4) is 0 Å². The maximum Gasteiger partial charge on any atom is 0.0330 e. The van der Waals surface area contributed by atoms with Crippen LogP contribution in [0, 0.1) is 0 Å². The van der Waals surface area contributed by atoms with E-state index in [4.69, 9.17) is 0 Å². The van der Waals surface area contributed by atoms with Crippen molar-refractivity contribution < 1.29 is 0 Å². The molecule has 0 amide bonds. The zero-order valence-corrected chi connectivity index (χ0v) is 8.29. The van der Waals surface area contributed by atoms with Crippen LogP contribution in [-0.2, 0) is 0 Å². The van der Waals surface area contributed by atoms with E-state index in [0.29, 0.717) is 0 Å². The van der Waals surface area contributed by atoms with Gasteiger partial charge in [-0.25, -0.2) is 0 Å². The summed E-state index contributed by atoms with van der Waals surface area (Å²) in [5.41, 5.74) is 2.56. The summed E-state index contributed by atoms with van der Waals surface area (Å²) in [7, 11) is 0. The lowest BCUT2D eigenvalue weighted by atomic mass is 9.93. The molecule has 0 radical (unpaired) electrons. The second-order valence-corrected chi connectivity index (χ2v) is 3.89. The molecule has 13 heavy (non-hydrogen) atoms. The maximum absolute atomic E-state index is 4.05. The highest BCUT2D eigenvalue weighted by Gasteiger charge is 2.18. The molecule has 1 nitrogen and oxygen atoms in total. The molecule has 1 saturated carbocycles. The van der Waals surface area contributed by atoms with Crippen LogP contribution in [-0.4, -0.2) is 4.57 Å². The van der Waals surface area contributed by atoms with E-state index in [1.807, 2.05) is 0 Å². The Kier molecular flexibility index (Phi) is 2.26. The van der Waals surface area contributed by atoms with Gasteiger partial charge in [-0.05, 0) is 42.9 Å². The fourth-order valence-electron chi connectivity index (χ4n) is 1.74.